The van der Waals surface area contributed by atoms with Gasteiger partial charge in [-0.05, 0) is 62.1 Å². The molecule has 0 radical (unpaired) electrons. The van der Waals surface area contributed by atoms with E-state index in [0.29, 0.717) is 6.61 Å². The maximum atomic E-state index is 10.6. The molecule has 0 unspecified atom stereocenters. The van der Waals surface area contributed by atoms with Crippen LogP contribution in [0.4, 0.5) is 0 Å². The second-order valence-corrected chi connectivity index (χ2v) is 6.19. The van der Waals surface area contributed by atoms with Crippen molar-refractivity contribution in [2.75, 3.05) is 0 Å². The third-order valence-electron chi connectivity index (χ3n) is 3.58. The molecule has 4 heteroatoms. The first-order valence-corrected chi connectivity index (χ1v) is 8.22. The number of fused-ring (bicyclic) bond motifs is 1. The van der Waals surface area contributed by atoms with Gasteiger partial charge in [0.2, 0.25) is 0 Å². The number of halogens is 1. The highest BCUT2D eigenvalue weighted by Crippen LogP contribution is 2.27. The summed E-state index contributed by atoms with van der Waals surface area (Å²) in [6.45, 7) is 0.466. The summed E-state index contributed by atoms with van der Waals surface area (Å²) in [5.74, 6) is -0.251. The van der Waals surface area contributed by atoms with Crippen LogP contribution in [-0.4, -0.2) is 11.1 Å². The largest absolute Gasteiger partial charge is 0.488 e. The number of carboxylic acid groups (broad SMARTS) is 1. The van der Waals surface area contributed by atoms with Crippen molar-refractivity contribution in [1.82, 2.24) is 0 Å². The maximum absolute atomic E-state index is 10.6. The Bertz CT molecular complexity index is 916. The fourth-order valence-corrected chi connectivity index (χ4v) is 2.91. The molecule has 0 amide bonds. The second kappa shape index (κ2) is 7.32. The van der Waals surface area contributed by atoms with Crippen LogP contribution in [0.3, 0.4) is 0 Å². The SMILES string of the molecule is O=C(O)C=Cc1ccc(OCc2ccc3ccccc3c2)c(Br)c1. The Morgan fingerprint density at radius 2 is 1.83 bits per heavy atom. The molecule has 0 saturated carbocycles. The molecule has 24 heavy (non-hydrogen) atoms. The third-order valence-corrected chi connectivity index (χ3v) is 4.20. The van der Waals surface area contributed by atoms with Crippen LogP contribution in [0.5, 0.6) is 5.75 Å². The average Bonchev–Trinajstić information content (AvgIpc) is 2.59. The number of ether oxygens (including phenoxy) is 1. The number of rotatable bonds is 5. The highest BCUT2D eigenvalue weighted by molar-refractivity contribution is 9.10. The molecule has 0 bridgehead atoms. The number of hydrogen-bond acceptors (Lipinski definition) is 2. The molecule has 0 aromatic heterocycles. The van der Waals surface area contributed by atoms with Crippen LogP contribution in [0.15, 0.2) is 71.2 Å². The van der Waals surface area contributed by atoms with E-state index in [2.05, 4.69) is 46.3 Å². The minimum Gasteiger partial charge on any atom is -0.488 e. The van der Waals surface area contributed by atoms with E-state index >= 15 is 0 Å². The Morgan fingerprint density at radius 1 is 1.04 bits per heavy atom. The number of aliphatic carboxylic acids is 1. The molecule has 0 spiro atoms. The molecule has 3 nitrogen and oxygen atoms in total. The molecule has 3 rings (SSSR count). The van der Waals surface area contributed by atoms with Gasteiger partial charge in [0.25, 0.3) is 0 Å². The summed E-state index contributed by atoms with van der Waals surface area (Å²) >= 11 is 3.46. The Balaban J connectivity index is 1.72. The van der Waals surface area contributed by atoms with E-state index in [-0.39, 0.29) is 0 Å². The molecule has 0 aliphatic rings. The fraction of sp³-hybridized carbons (Fsp3) is 0.0500. The normalized spacial score (nSPS) is 11.0. The Kier molecular flexibility index (Phi) is 4.96. The lowest BCUT2D eigenvalue weighted by Crippen LogP contribution is -1.96. The summed E-state index contributed by atoms with van der Waals surface area (Å²) < 4.78 is 6.65. The Morgan fingerprint density at radius 3 is 2.58 bits per heavy atom. The predicted molar refractivity (Wildman–Crippen MR) is 99.1 cm³/mol. The van der Waals surface area contributed by atoms with Gasteiger partial charge in [-0.15, -0.1) is 0 Å². The van der Waals surface area contributed by atoms with E-state index < -0.39 is 5.97 Å². The minimum absolute atomic E-state index is 0.466. The van der Waals surface area contributed by atoms with Crippen molar-refractivity contribution in [3.05, 3.63) is 82.3 Å². The monoisotopic (exact) mass is 382 g/mol. The van der Waals surface area contributed by atoms with Crippen molar-refractivity contribution in [3.8, 4) is 5.75 Å². The lowest BCUT2D eigenvalue weighted by molar-refractivity contribution is -0.131. The lowest BCUT2D eigenvalue weighted by atomic mass is 10.1. The lowest BCUT2D eigenvalue weighted by Gasteiger charge is -2.10. The number of benzene rings is 3. The van der Waals surface area contributed by atoms with Crippen molar-refractivity contribution in [2.45, 2.75) is 6.61 Å². The van der Waals surface area contributed by atoms with E-state index in [4.69, 9.17) is 9.84 Å². The Labute approximate surface area is 148 Å². The summed E-state index contributed by atoms with van der Waals surface area (Å²) in [5.41, 5.74) is 1.89. The van der Waals surface area contributed by atoms with Crippen molar-refractivity contribution in [2.24, 2.45) is 0 Å². The molecule has 0 fully saturated rings. The van der Waals surface area contributed by atoms with Crippen molar-refractivity contribution in [1.29, 1.82) is 0 Å². The van der Waals surface area contributed by atoms with Gasteiger partial charge in [0, 0.05) is 6.08 Å². The second-order valence-electron chi connectivity index (χ2n) is 5.33. The molecule has 0 heterocycles. The van der Waals surface area contributed by atoms with Crippen LogP contribution in [0.25, 0.3) is 16.8 Å². The highest BCUT2D eigenvalue weighted by atomic mass is 79.9. The van der Waals surface area contributed by atoms with E-state index in [1.165, 1.54) is 10.8 Å². The average molecular weight is 383 g/mol. The van der Waals surface area contributed by atoms with E-state index in [9.17, 15) is 4.79 Å². The first-order chi connectivity index (χ1) is 11.6. The van der Waals surface area contributed by atoms with Gasteiger partial charge in [0.1, 0.15) is 12.4 Å². The van der Waals surface area contributed by atoms with Crippen molar-refractivity contribution < 1.29 is 14.6 Å². The topological polar surface area (TPSA) is 46.5 Å². The number of carbonyl (C=O) groups is 1. The maximum Gasteiger partial charge on any atom is 0.328 e. The molecule has 0 saturated heterocycles. The summed E-state index contributed by atoms with van der Waals surface area (Å²) in [6.07, 6.45) is 2.65. The first kappa shape index (κ1) is 16.3. The van der Waals surface area contributed by atoms with Crippen LogP contribution in [0, 0.1) is 0 Å². The minimum atomic E-state index is -0.970. The van der Waals surface area contributed by atoms with Crippen LogP contribution in [0.2, 0.25) is 0 Å². The zero-order chi connectivity index (χ0) is 16.9. The fourth-order valence-electron chi connectivity index (χ4n) is 2.39. The molecule has 3 aromatic carbocycles. The van der Waals surface area contributed by atoms with E-state index in [1.807, 2.05) is 30.3 Å². The molecule has 1 N–H and O–H groups in total. The van der Waals surface area contributed by atoms with Gasteiger partial charge in [-0.3, -0.25) is 0 Å². The quantitative estimate of drug-likeness (QED) is 0.610. The first-order valence-electron chi connectivity index (χ1n) is 7.43. The summed E-state index contributed by atoms with van der Waals surface area (Å²) in [7, 11) is 0. The van der Waals surface area contributed by atoms with Gasteiger partial charge in [-0.25, -0.2) is 4.79 Å². The van der Waals surface area contributed by atoms with Gasteiger partial charge in [0.05, 0.1) is 4.47 Å². The van der Waals surface area contributed by atoms with Gasteiger partial charge in [-0.1, -0.05) is 42.5 Å². The summed E-state index contributed by atoms with van der Waals surface area (Å²) in [4.78, 5) is 10.6. The molecule has 0 aliphatic heterocycles. The highest BCUT2D eigenvalue weighted by Gasteiger charge is 2.03. The van der Waals surface area contributed by atoms with Crippen LogP contribution in [0.1, 0.15) is 11.1 Å². The molecule has 0 atom stereocenters. The molecule has 120 valence electrons. The van der Waals surface area contributed by atoms with Gasteiger partial charge >= 0.3 is 5.97 Å². The van der Waals surface area contributed by atoms with Crippen LogP contribution >= 0.6 is 15.9 Å². The summed E-state index contributed by atoms with van der Waals surface area (Å²) in [5, 5.41) is 11.1. The zero-order valence-corrected chi connectivity index (χ0v) is 14.4. The molecular formula is C20H15BrO3. The van der Waals surface area contributed by atoms with E-state index in [0.717, 1.165) is 27.4 Å². The molecule has 3 aromatic rings. The summed E-state index contributed by atoms with van der Waals surface area (Å²) in [6, 6.07) is 19.9. The van der Waals surface area contributed by atoms with Crippen molar-refractivity contribution in [3.63, 3.8) is 0 Å². The van der Waals surface area contributed by atoms with Crippen LogP contribution < -0.4 is 4.74 Å². The third kappa shape index (κ3) is 4.03. The molecular weight excluding hydrogens is 368 g/mol. The van der Waals surface area contributed by atoms with Gasteiger partial charge < -0.3 is 9.84 Å². The van der Waals surface area contributed by atoms with Crippen molar-refractivity contribution >= 4 is 38.7 Å². The molecule has 0 aliphatic carbocycles. The van der Waals surface area contributed by atoms with Crippen LogP contribution in [-0.2, 0) is 11.4 Å². The predicted octanol–water partition coefficient (Wildman–Crippen LogP) is 5.28. The smallest absolute Gasteiger partial charge is 0.328 e. The Hall–Kier alpha value is -2.59. The van der Waals surface area contributed by atoms with E-state index in [1.54, 1.807) is 6.08 Å². The van der Waals surface area contributed by atoms with Gasteiger partial charge in [0.15, 0.2) is 0 Å². The standard InChI is InChI=1S/C20H15BrO3/c21-18-12-14(7-10-20(22)23)6-9-19(18)24-13-15-5-8-16-3-1-2-4-17(16)11-15/h1-12H,13H2,(H,22,23). The number of hydrogen-bond donors (Lipinski definition) is 1. The van der Waals surface area contributed by atoms with Gasteiger partial charge in [-0.2, -0.15) is 0 Å². The number of carboxylic acids is 1. The zero-order valence-electron chi connectivity index (χ0n) is 12.8.